The van der Waals surface area contributed by atoms with E-state index in [9.17, 15) is 0 Å². The summed E-state index contributed by atoms with van der Waals surface area (Å²) in [6.07, 6.45) is 0.371. The zero-order valence-electron chi connectivity index (χ0n) is 12.1. The van der Waals surface area contributed by atoms with Crippen molar-refractivity contribution < 1.29 is 9.47 Å². The maximum atomic E-state index is 5.81. The molecule has 0 radical (unpaired) electrons. The summed E-state index contributed by atoms with van der Waals surface area (Å²) in [7, 11) is 0. The van der Waals surface area contributed by atoms with Crippen LogP contribution in [0.2, 0.25) is 0 Å². The van der Waals surface area contributed by atoms with Gasteiger partial charge in [-0.3, -0.25) is 0 Å². The highest BCUT2D eigenvalue weighted by Crippen LogP contribution is 2.25. The molecular weight excluding hydrogens is 226 g/mol. The van der Waals surface area contributed by atoms with Gasteiger partial charge in [0.2, 0.25) is 0 Å². The van der Waals surface area contributed by atoms with Gasteiger partial charge in [0.25, 0.3) is 0 Å². The highest BCUT2D eigenvalue weighted by Gasteiger charge is 2.08. The van der Waals surface area contributed by atoms with Crippen LogP contribution in [-0.4, -0.2) is 18.8 Å². The van der Waals surface area contributed by atoms with Crippen molar-refractivity contribution in [2.75, 3.05) is 6.54 Å². The number of rotatable bonds is 7. The third-order valence-corrected chi connectivity index (χ3v) is 2.33. The minimum Gasteiger partial charge on any atom is -0.491 e. The average Bonchev–Trinajstić information content (AvgIpc) is 2.27. The highest BCUT2D eigenvalue weighted by atomic mass is 16.5. The maximum absolute atomic E-state index is 5.81. The van der Waals surface area contributed by atoms with Crippen molar-refractivity contribution in [3.63, 3.8) is 0 Å². The predicted octanol–water partition coefficient (Wildman–Crippen LogP) is 3.37. The molecule has 0 bridgehead atoms. The fourth-order valence-electron chi connectivity index (χ4n) is 1.67. The van der Waals surface area contributed by atoms with Gasteiger partial charge in [0, 0.05) is 12.1 Å². The zero-order valence-corrected chi connectivity index (χ0v) is 12.1. The van der Waals surface area contributed by atoms with Crippen LogP contribution in [0, 0.1) is 0 Å². The largest absolute Gasteiger partial charge is 0.491 e. The molecule has 18 heavy (non-hydrogen) atoms. The van der Waals surface area contributed by atoms with Crippen LogP contribution >= 0.6 is 0 Å². The van der Waals surface area contributed by atoms with E-state index in [0.29, 0.717) is 0 Å². The smallest absolute Gasteiger partial charge is 0.124 e. The fourth-order valence-corrected chi connectivity index (χ4v) is 1.67. The molecule has 102 valence electrons. The first-order valence-corrected chi connectivity index (χ1v) is 6.69. The van der Waals surface area contributed by atoms with Gasteiger partial charge in [-0.25, -0.2) is 0 Å². The van der Waals surface area contributed by atoms with E-state index in [1.165, 1.54) is 0 Å². The molecule has 0 unspecified atom stereocenters. The van der Waals surface area contributed by atoms with E-state index in [1.54, 1.807) is 0 Å². The summed E-state index contributed by atoms with van der Waals surface area (Å²) >= 11 is 0. The van der Waals surface area contributed by atoms with E-state index in [2.05, 4.69) is 18.3 Å². The molecule has 0 aliphatic heterocycles. The number of nitrogens with one attached hydrogen (secondary N) is 1. The Labute approximate surface area is 110 Å². The number of ether oxygens (including phenoxy) is 2. The van der Waals surface area contributed by atoms with E-state index in [1.807, 2.05) is 39.8 Å². The Balaban J connectivity index is 2.88. The molecule has 0 amide bonds. The standard InChI is InChI=1S/C15H25NO2/c1-6-16-10-13-9-14(17-11(2)3)7-8-15(13)18-12(4)5/h7-9,11-12,16H,6,10H2,1-5H3. The van der Waals surface area contributed by atoms with Gasteiger partial charge < -0.3 is 14.8 Å². The lowest BCUT2D eigenvalue weighted by molar-refractivity contribution is 0.232. The topological polar surface area (TPSA) is 30.5 Å². The highest BCUT2D eigenvalue weighted by molar-refractivity contribution is 5.40. The minimum atomic E-state index is 0.183. The van der Waals surface area contributed by atoms with Crippen molar-refractivity contribution in [1.82, 2.24) is 5.32 Å². The summed E-state index contributed by atoms with van der Waals surface area (Å²) in [5.74, 6) is 1.83. The van der Waals surface area contributed by atoms with Gasteiger partial charge in [-0.1, -0.05) is 6.92 Å². The molecule has 3 nitrogen and oxygen atoms in total. The van der Waals surface area contributed by atoms with Gasteiger partial charge >= 0.3 is 0 Å². The van der Waals surface area contributed by atoms with Crippen LogP contribution < -0.4 is 14.8 Å². The summed E-state index contributed by atoms with van der Waals surface area (Å²) in [5.41, 5.74) is 1.14. The number of hydrogen-bond acceptors (Lipinski definition) is 3. The second-order valence-corrected chi connectivity index (χ2v) is 4.88. The second-order valence-electron chi connectivity index (χ2n) is 4.88. The molecule has 0 aliphatic rings. The van der Waals surface area contributed by atoms with Crippen molar-refractivity contribution in [3.8, 4) is 11.5 Å². The predicted molar refractivity (Wildman–Crippen MR) is 75.4 cm³/mol. The van der Waals surface area contributed by atoms with Gasteiger partial charge in [-0.15, -0.1) is 0 Å². The molecule has 0 aliphatic carbocycles. The van der Waals surface area contributed by atoms with Crippen LogP contribution in [0.5, 0.6) is 11.5 Å². The summed E-state index contributed by atoms with van der Waals surface area (Å²) < 4.78 is 11.5. The lowest BCUT2D eigenvalue weighted by Gasteiger charge is -2.17. The van der Waals surface area contributed by atoms with Crippen LogP contribution in [0.25, 0.3) is 0 Å². The van der Waals surface area contributed by atoms with E-state index in [-0.39, 0.29) is 12.2 Å². The van der Waals surface area contributed by atoms with Crippen LogP contribution in [0.3, 0.4) is 0 Å². The maximum Gasteiger partial charge on any atom is 0.124 e. The molecule has 0 aromatic heterocycles. The Morgan fingerprint density at radius 3 is 2.28 bits per heavy atom. The quantitative estimate of drug-likeness (QED) is 0.806. The molecule has 0 heterocycles. The van der Waals surface area contributed by atoms with Gasteiger partial charge in [0.15, 0.2) is 0 Å². The first-order valence-electron chi connectivity index (χ1n) is 6.69. The number of benzene rings is 1. The third-order valence-electron chi connectivity index (χ3n) is 2.33. The Hall–Kier alpha value is -1.22. The van der Waals surface area contributed by atoms with Crippen molar-refractivity contribution in [2.45, 2.75) is 53.4 Å². The van der Waals surface area contributed by atoms with Gasteiger partial charge in [0.05, 0.1) is 12.2 Å². The van der Waals surface area contributed by atoms with E-state index in [0.717, 1.165) is 30.2 Å². The Kier molecular flexibility index (Phi) is 5.99. The fraction of sp³-hybridized carbons (Fsp3) is 0.600. The third kappa shape index (κ3) is 4.96. The van der Waals surface area contributed by atoms with Crippen molar-refractivity contribution in [2.24, 2.45) is 0 Å². The average molecular weight is 251 g/mol. The van der Waals surface area contributed by atoms with Crippen LogP contribution in [0.4, 0.5) is 0 Å². The monoisotopic (exact) mass is 251 g/mol. The number of hydrogen-bond donors (Lipinski definition) is 1. The second kappa shape index (κ2) is 7.27. The summed E-state index contributed by atoms with van der Waals surface area (Å²) in [6, 6.07) is 6.01. The summed E-state index contributed by atoms with van der Waals surface area (Å²) in [5, 5.41) is 3.32. The van der Waals surface area contributed by atoms with E-state index in [4.69, 9.17) is 9.47 Å². The van der Waals surface area contributed by atoms with Crippen molar-refractivity contribution in [3.05, 3.63) is 23.8 Å². The van der Waals surface area contributed by atoms with Gasteiger partial charge in [-0.05, 0) is 52.4 Å². The van der Waals surface area contributed by atoms with Crippen LogP contribution in [0.1, 0.15) is 40.2 Å². The van der Waals surface area contributed by atoms with Crippen LogP contribution in [0.15, 0.2) is 18.2 Å². The first-order chi connectivity index (χ1) is 8.52. The summed E-state index contributed by atoms with van der Waals surface area (Å²) in [4.78, 5) is 0. The molecule has 0 spiro atoms. The first kappa shape index (κ1) is 14.8. The van der Waals surface area contributed by atoms with E-state index < -0.39 is 0 Å². The molecule has 0 saturated carbocycles. The lowest BCUT2D eigenvalue weighted by atomic mass is 10.2. The minimum absolute atomic E-state index is 0.183. The SMILES string of the molecule is CCNCc1cc(OC(C)C)ccc1OC(C)C. The van der Waals surface area contributed by atoms with Crippen molar-refractivity contribution in [1.29, 1.82) is 0 Å². The molecule has 1 rings (SSSR count). The van der Waals surface area contributed by atoms with Gasteiger partial charge in [-0.2, -0.15) is 0 Å². The van der Waals surface area contributed by atoms with Crippen LogP contribution in [-0.2, 0) is 6.54 Å². The van der Waals surface area contributed by atoms with E-state index >= 15 is 0 Å². The zero-order chi connectivity index (χ0) is 13.5. The lowest BCUT2D eigenvalue weighted by Crippen LogP contribution is -2.15. The van der Waals surface area contributed by atoms with Crippen molar-refractivity contribution >= 4 is 0 Å². The molecular formula is C15H25NO2. The molecule has 0 atom stereocenters. The normalized spacial score (nSPS) is 11.1. The summed E-state index contributed by atoms with van der Waals surface area (Å²) in [6.45, 7) is 12.0. The Morgan fingerprint density at radius 1 is 1.06 bits per heavy atom. The Bertz CT molecular complexity index is 362. The van der Waals surface area contributed by atoms with Gasteiger partial charge in [0.1, 0.15) is 11.5 Å². The Morgan fingerprint density at radius 2 is 1.72 bits per heavy atom. The molecule has 0 fully saturated rings. The molecule has 1 N–H and O–H groups in total. The molecule has 0 saturated heterocycles. The molecule has 1 aromatic rings. The molecule has 1 aromatic carbocycles. The molecule has 3 heteroatoms.